The first-order valence-electron chi connectivity index (χ1n) is 8.15. The van der Waals surface area contributed by atoms with Crippen molar-refractivity contribution >= 4 is 11.4 Å². The molecule has 3 rings (SSSR count). The van der Waals surface area contributed by atoms with Crippen molar-refractivity contribution in [3.8, 4) is 5.75 Å². The molecule has 0 aliphatic carbocycles. The van der Waals surface area contributed by atoms with Gasteiger partial charge in [-0.15, -0.1) is 0 Å². The van der Waals surface area contributed by atoms with E-state index in [-0.39, 0.29) is 5.91 Å². The minimum atomic E-state index is 0.0139. The van der Waals surface area contributed by atoms with Gasteiger partial charge in [0.2, 0.25) is 5.91 Å². The molecule has 2 aromatic heterocycles. The van der Waals surface area contributed by atoms with Crippen LogP contribution in [0.25, 0.3) is 5.52 Å². The average molecular weight is 323 g/mol. The largest absolute Gasteiger partial charge is 0.494 e. The molecule has 24 heavy (non-hydrogen) atoms. The second kappa shape index (κ2) is 7.64. The third kappa shape index (κ3) is 3.93. The number of ether oxygens (including phenoxy) is 1. The third-order valence-electron chi connectivity index (χ3n) is 3.79. The molecule has 0 bridgehead atoms. The molecule has 0 fully saturated rings. The fourth-order valence-corrected chi connectivity index (χ4v) is 2.62. The smallest absolute Gasteiger partial charge is 0.224 e. The zero-order valence-electron chi connectivity index (χ0n) is 13.7. The predicted molar refractivity (Wildman–Crippen MR) is 93.2 cm³/mol. The van der Waals surface area contributed by atoms with E-state index in [0.717, 1.165) is 22.7 Å². The van der Waals surface area contributed by atoms with Gasteiger partial charge in [0.25, 0.3) is 0 Å². The molecule has 5 heteroatoms. The molecule has 0 radical (unpaired) electrons. The van der Waals surface area contributed by atoms with Gasteiger partial charge < -0.3 is 14.5 Å². The summed E-state index contributed by atoms with van der Waals surface area (Å²) in [5, 5.41) is 2.95. The number of benzene rings is 1. The van der Waals surface area contributed by atoms with Gasteiger partial charge in [0.05, 0.1) is 24.7 Å². The van der Waals surface area contributed by atoms with Gasteiger partial charge in [-0.3, -0.25) is 4.79 Å². The number of carbonyl (C=O) groups excluding carboxylic acids is 1. The summed E-state index contributed by atoms with van der Waals surface area (Å²) in [7, 11) is 0. The molecule has 1 amide bonds. The molecule has 0 spiro atoms. The van der Waals surface area contributed by atoms with Crippen molar-refractivity contribution in [2.75, 3.05) is 13.2 Å². The number of hydrogen-bond acceptors (Lipinski definition) is 3. The highest BCUT2D eigenvalue weighted by atomic mass is 16.5. The van der Waals surface area contributed by atoms with Crippen LogP contribution in [0.2, 0.25) is 0 Å². The Morgan fingerprint density at radius 1 is 1.21 bits per heavy atom. The quantitative estimate of drug-likeness (QED) is 0.727. The number of nitrogens with one attached hydrogen (secondary N) is 1. The van der Waals surface area contributed by atoms with Crippen LogP contribution >= 0.6 is 0 Å². The summed E-state index contributed by atoms with van der Waals surface area (Å²) in [5.41, 5.74) is 2.04. The van der Waals surface area contributed by atoms with E-state index < -0.39 is 0 Å². The van der Waals surface area contributed by atoms with Gasteiger partial charge >= 0.3 is 0 Å². The van der Waals surface area contributed by atoms with Crippen molar-refractivity contribution in [2.45, 2.75) is 19.8 Å². The van der Waals surface area contributed by atoms with Gasteiger partial charge in [-0.2, -0.15) is 0 Å². The Morgan fingerprint density at radius 3 is 2.83 bits per heavy atom. The maximum Gasteiger partial charge on any atom is 0.224 e. The van der Waals surface area contributed by atoms with Crippen molar-refractivity contribution in [1.29, 1.82) is 0 Å². The summed E-state index contributed by atoms with van der Waals surface area (Å²) < 4.78 is 7.44. The molecule has 0 unspecified atom stereocenters. The van der Waals surface area contributed by atoms with E-state index in [0.29, 0.717) is 26.0 Å². The van der Waals surface area contributed by atoms with Gasteiger partial charge in [-0.25, -0.2) is 4.98 Å². The van der Waals surface area contributed by atoms with E-state index in [1.807, 2.05) is 66.2 Å². The van der Waals surface area contributed by atoms with Crippen LogP contribution < -0.4 is 10.1 Å². The van der Waals surface area contributed by atoms with Crippen LogP contribution in [-0.4, -0.2) is 28.4 Å². The van der Waals surface area contributed by atoms with Crippen LogP contribution in [0, 0.1) is 0 Å². The number of aromatic nitrogens is 2. The number of hydrogen-bond donors (Lipinski definition) is 1. The van der Waals surface area contributed by atoms with Crippen LogP contribution in [-0.2, 0) is 17.6 Å². The number of amides is 1. The third-order valence-corrected chi connectivity index (χ3v) is 3.79. The Labute approximate surface area is 141 Å². The number of carbonyl (C=O) groups is 1. The fraction of sp³-hybridized carbons (Fsp3) is 0.263. The van der Waals surface area contributed by atoms with Crippen LogP contribution in [0.5, 0.6) is 5.75 Å². The lowest BCUT2D eigenvalue weighted by atomic mass is 10.1. The normalized spacial score (nSPS) is 10.7. The summed E-state index contributed by atoms with van der Waals surface area (Å²) >= 11 is 0. The van der Waals surface area contributed by atoms with Crippen molar-refractivity contribution in [3.05, 3.63) is 66.2 Å². The summed E-state index contributed by atoms with van der Waals surface area (Å²) in [4.78, 5) is 16.4. The first kappa shape index (κ1) is 16.1. The van der Waals surface area contributed by atoms with E-state index in [2.05, 4.69) is 10.3 Å². The molecule has 124 valence electrons. The fourth-order valence-electron chi connectivity index (χ4n) is 2.62. The van der Waals surface area contributed by atoms with Gasteiger partial charge in [-0.1, -0.05) is 18.2 Å². The monoisotopic (exact) mass is 323 g/mol. The van der Waals surface area contributed by atoms with Crippen molar-refractivity contribution in [3.63, 3.8) is 0 Å². The van der Waals surface area contributed by atoms with Gasteiger partial charge in [-0.05, 0) is 36.8 Å². The minimum absolute atomic E-state index is 0.0139. The number of fused-ring (bicyclic) bond motifs is 1. The lowest BCUT2D eigenvalue weighted by Crippen LogP contribution is -2.27. The first-order valence-corrected chi connectivity index (χ1v) is 8.15. The van der Waals surface area contributed by atoms with Crippen molar-refractivity contribution in [2.24, 2.45) is 0 Å². The van der Waals surface area contributed by atoms with Crippen LogP contribution in [0.15, 0.2) is 54.9 Å². The Bertz CT molecular complexity index is 809. The molecule has 0 aliphatic heterocycles. The summed E-state index contributed by atoms with van der Waals surface area (Å²) in [6.45, 7) is 3.16. The molecule has 1 aromatic carbocycles. The molecular weight excluding hydrogens is 302 g/mol. The van der Waals surface area contributed by atoms with Crippen LogP contribution in [0.3, 0.4) is 0 Å². The van der Waals surface area contributed by atoms with E-state index in [9.17, 15) is 4.79 Å². The number of pyridine rings is 1. The molecule has 2 heterocycles. The van der Waals surface area contributed by atoms with E-state index >= 15 is 0 Å². The van der Waals surface area contributed by atoms with Crippen LogP contribution in [0.4, 0.5) is 0 Å². The average Bonchev–Trinajstić information content (AvgIpc) is 3.00. The van der Waals surface area contributed by atoms with Crippen LogP contribution in [0.1, 0.15) is 18.3 Å². The van der Waals surface area contributed by atoms with Gasteiger partial charge in [0.15, 0.2) is 0 Å². The molecule has 0 aliphatic rings. The Hall–Kier alpha value is -2.82. The van der Waals surface area contributed by atoms with E-state index in [4.69, 9.17) is 4.74 Å². The standard InChI is InChI=1S/C19H21N3O2/c1-2-24-17-8-6-15(7-9-17)13-19(23)20-11-10-18-21-14-16-5-3-4-12-22(16)18/h3-9,12,14H,2,10-11,13H2,1H3,(H,20,23). The zero-order valence-corrected chi connectivity index (χ0v) is 13.7. The highest BCUT2D eigenvalue weighted by Crippen LogP contribution is 2.12. The maximum atomic E-state index is 12.0. The van der Waals surface area contributed by atoms with E-state index in [1.165, 1.54) is 0 Å². The second-order valence-corrected chi connectivity index (χ2v) is 5.52. The first-order chi connectivity index (χ1) is 11.8. The Kier molecular flexibility index (Phi) is 5.11. The van der Waals surface area contributed by atoms with Gasteiger partial charge in [0.1, 0.15) is 11.6 Å². The molecule has 1 N–H and O–H groups in total. The summed E-state index contributed by atoms with van der Waals surface area (Å²) in [5.74, 6) is 1.79. The summed E-state index contributed by atoms with van der Waals surface area (Å²) in [6, 6.07) is 13.6. The molecule has 0 saturated heterocycles. The van der Waals surface area contributed by atoms with Crippen molar-refractivity contribution < 1.29 is 9.53 Å². The highest BCUT2D eigenvalue weighted by molar-refractivity contribution is 5.78. The minimum Gasteiger partial charge on any atom is -0.494 e. The second-order valence-electron chi connectivity index (χ2n) is 5.52. The number of nitrogens with zero attached hydrogens (tertiary/aromatic N) is 2. The molecule has 0 atom stereocenters. The lowest BCUT2D eigenvalue weighted by molar-refractivity contribution is -0.120. The predicted octanol–water partition coefficient (Wildman–Crippen LogP) is 2.63. The molecular formula is C19H21N3O2. The molecule has 3 aromatic rings. The summed E-state index contributed by atoms with van der Waals surface area (Å²) in [6.07, 6.45) is 4.90. The molecule has 5 nitrogen and oxygen atoms in total. The van der Waals surface area contributed by atoms with Gasteiger partial charge in [0, 0.05) is 19.2 Å². The van der Waals surface area contributed by atoms with Crippen molar-refractivity contribution in [1.82, 2.24) is 14.7 Å². The topological polar surface area (TPSA) is 55.6 Å². The SMILES string of the molecule is CCOc1ccc(CC(=O)NCCc2ncc3ccccn23)cc1. The number of imidazole rings is 1. The Morgan fingerprint density at radius 2 is 2.04 bits per heavy atom. The molecule has 0 saturated carbocycles. The number of rotatable bonds is 7. The Balaban J connectivity index is 1.49. The highest BCUT2D eigenvalue weighted by Gasteiger charge is 2.06. The zero-order chi connectivity index (χ0) is 16.8. The van der Waals surface area contributed by atoms with E-state index in [1.54, 1.807) is 0 Å². The lowest BCUT2D eigenvalue weighted by Gasteiger charge is -2.07. The maximum absolute atomic E-state index is 12.0.